The molecule has 3 rings (SSSR count). The van der Waals surface area contributed by atoms with Gasteiger partial charge in [0.15, 0.2) is 0 Å². The summed E-state index contributed by atoms with van der Waals surface area (Å²) >= 11 is 10.9. The lowest BCUT2D eigenvalue weighted by molar-refractivity contribution is 0.439. The van der Waals surface area contributed by atoms with Crippen molar-refractivity contribution >= 4 is 44.8 Å². The maximum Gasteiger partial charge on any atom is 0.230 e. The molecule has 96 valence electrons. The summed E-state index contributed by atoms with van der Waals surface area (Å²) in [5.41, 5.74) is 8.35. The molecule has 0 aliphatic rings. The Bertz CT molecular complexity index is 738. The number of hydrogen-bond donors (Lipinski definition) is 1. The van der Waals surface area contributed by atoms with Crippen molar-refractivity contribution in [2.75, 3.05) is 5.73 Å². The topological polar surface area (TPSA) is 52.0 Å². The molecule has 2 aromatic heterocycles. The van der Waals surface area contributed by atoms with Crippen LogP contribution in [0, 0.1) is 0 Å². The number of aromatic nitrogens is 1. The van der Waals surface area contributed by atoms with Gasteiger partial charge in [0.25, 0.3) is 0 Å². The molecule has 0 bridgehead atoms. The minimum absolute atomic E-state index is 0.298. The third-order valence-electron chi connectivity index (χ3n) is 2.67. The quantitative estimate of drug-likeness (QED) is 0.698. The summed E-state index contributed by atoms with van der Waals surface area (Å²) in [5.74, 6) is 0.298. The number of thiophene rings is 1. The Hall–Kier alpha value is -1.30. The molecule has 2 N–H and O–H groups in total. The van der Waals surface area contributed by atoms with Crippen molar-refractivity contribution in [3.63, 3.8) is 0 Å². The zero-order valence-electron chi connectivity index (χ0n) is 9.56. The minimum Gasteiger partial charge on any atom is -0.367 e. The standard InChI is InChI=1S/C13H8BrClN2OS/c14-8-4-2-1-3-7(8)11-12(17-18-13(11)16)9-5-6-10(15)19-9/h1-6H,16H2. The molecule has 0 unspecified atom stereocenters. The van der Waals surface area contributed by atoms with Gasteiger partial charge in [-0.05, 0) is 18.2 Å². The van der Waals surface area contributed by atoms with Crippen molar-refractivity contribution < 1.29 is 4.52 Å². The zero-order chi connectivity index (χ0) is 13.4. The van der Waals surface area contributed by atoms with E-state index in [4.69, 9.17) is 21.9 Å². The molecule has 3 nitrogen and oxygen atoms in total. The van der Waals surface area contributed by atoms with Crippen LogP contribution in [0.5, 0.6) is 0 Å². The normalized spacial score (nSPS) is 10.8. The lowest BCUT2D eigenvalue weighted by atomic mass is 10.1. The molecule has 0 fully saturated rings. The van der Waals surface area contributed by atoms with Gasteiger partial charge in [-0.1, -0.05) is 50.9 Å². The zero-order valence-corrected chi connectivity index (χ0v) is 12.7. The fourth-order valence-electron chi connectivity index (χ4n) is 1.84. The van der Waals surface area contributed by atoms with E-state index in [0.717, 1.165) is 20.5 Å². The molecular formula is C13H8BrClN2OS. The average molecular weight is 356 g/mol. The highest BCUT2D eigenvalue weighted by molar-refractivity contribution is 9.10. The molecule has 0 aliphatic carbocycles. The van der Waals surface area contributed by atoms with Crippen LogP contribution >= 0.6 is 38.9 Å². The molecule has 0 saturated heterocycles. The number of anilines is 1. The number of nitrogens with two attached hydrogens (primary N) is 1. The summed E-state index contributed by atoms with van der Waals surface area (Å²) in [7, 11) is 0. The average Bonchev–Trinajstić information content (AvgIpc) is 2.96. The molecule has 0 atom stereocenters. The first-order valence-corrected chi connectivity index (χ1v) is 7.41. The SMILES string of the molecule is Nc1onc(-c2ccc(Cl)s2)c1-c1ccccc1Br. The Morgan fingerprint density at radius 1 is 1.21 bits per heavy atom. The predicted molar refractivity (Wildman–Crippen MR) is 82.4 cm³/mol. The van der Waals surface area contributed by atoms with Gasteiger partial charge in [0.05, 0.1) is 14.8 Å². The highest BCUT2D eigenvalue weighted by Crippen LogP contribution is 2.42. The molecule has 0 radical (unpaired) electrons. The van der Waals surface area contributed by atoms with Crippen LogP contribution in [-0.2, 0) is 0 Å². The lowest BCUT2D eigenvalue weighted by Crippen LogP contribution is -1.87. The van der Waals surface area contributed by atoms with E-state index in [1.165, 1.54) is 11.3 Å². The van der Waals surface area contributed by atoms with Gasteiger partial charge >= 0.3 is 0 Å². The third-order valence-corrected chi connectivity index (χ3v) is 4.60. The number of halogens is 2. The minimum atomic E-state index is 0.298. The molecule has 0 spiro atoms. The van der Waals surface area contributed by atoms with Crippen LogP contribution in [0.4, 0.5) is 5.88 Å². The summed E-state index contributed by atoms with van der Waals surface area (Å²) in [6, 6.07) is 11.5. The summed E-state index contributed by atoms with van der Waals surface area (Å²) in [4.78, 5) is 0.927. The van der Waals surface area contributed by atoms with Gasteiger partial charge in [-0.25, -0.2) is 0 Å². The van der Waals surface area contributed by atoms with Gasteiger partial charge in [0.2, 0.25) is 5.88 Å². The monoisotopic (exact) mass is 354 g/mol. The van der Waals surface area contributed by atoms with Crippen LogP contribution in [-0.4, -0.2) is 5.16 Å². The molecule has 3 aromatic rings. The van der Waals surface area contributed by atoms with Crippen molar-refractivity contribution in [2.45, 2.75) is 0 Å². The summed E-state index contributed by atoms with van der Waals surface area (Å²) in [6.45, 7) is 0. The Morgan fingerprint density at radius 3 is 2.68 bits per heavy atom. The van der Waals surface area contributed by atoms with E-state index in [-0.39, 0.29) is 0 Å². The van der Waals surface area contributed by atoms with Crippen LogP contribution in [0.2, 0.25) is 4.34 Å². The maximum absolute atomic E-state index is 5.97. The number of nitrogens with zero attached hydrogens (tertiary/aromatic N) is 1. The first-order valence-electron chi connectivity index (χ1n) is 5.42. The van der Waals surface area contributed by atoms with E-state index >= 15 is 0 Å². The second-order valence-electron chi connectivity index (χ2n) is 3.85. The highest BCUT2D eigenvalue weighted by atomic mass is 79.9. The first-order chi connectivity index (χ1) is 9.16. The Balaban J connectivity index is 2.22. The number of rotatable bonds is 2. The van der Waals surface area contributed by atoms with E-state index < -0.39 is 0 Å². The van der Waals surface area contributed by atoms with Gasteiger partial charge < -0.3 is 10.3 Å². The smallest absolute Gasteiger partial charge is 0.230 e. The molecule has 0 amide bonds. The van der Waals surface area contributed by atoms with Gasteiger partial charge in [-0.3, -0.25) is 0 Å². The van der Waals surface area contributed by atoms with Gasteiger partial charge in [-0.2, -0.15) is 0 Å². The van der Waals surface area contributed by atoms with Crippen LogP contribution in [0.25, 0.3) is 21.7 Å². The third kappa shape index (κ3) is 2.29. The van der Waals surface area contributed by atoms with E-state index in [1.54, 1.807) is 0 Å². The first kappa shape index (κ1) is 12.7. The molecule has 6 heteroatoms. The molecule has 0 saturated carbocycles. The van der Waals surface area contributed by atoms with E-state index in [9.17, 15) is 0 Å². The van der Waals surface area contributed by atoms with Crippen molar-refractivity contribution in [1.82, 2.24) is 5.16 Å². The molecule has 0 aliphatic heterocycles. The molecule has 19 heavy (non-hydrogen) atoms. The number of nitrogen functional groups attached to an aromatic ring is 1. The van der Waals surface area contributed by atoms with Gasteiger partial charge in [-0.15, -0.1) is 11.3 Å². The van der Waals surface area contributed by atoms with Crippen molar-refractivity contribution in [2.24, 2.45) is 0 Å². The number of hydrogen-bond acceptors (Lipinski definition) is 4. The van der Waals surface area contributed by atoms with Crippen molar-refractivity contribution in [3.05, 3.63) is 45.2 Å². The van der Waals surface area contributed by atoms with Crippen LogP contribution < -0.4 is 5.73 Å². The summed E-state index contributed by atoms with van der Waals surface area (Å²) in [5, 5.41) is 4.05. The molecular weight excluding hydrogens is 348 g/mol. The fraction of sp³-hybridized carbons (Fsp3) is 0. The van der Waals surface area contributed by atoms with E-state index in [1.807, 2.05) is 36.4 Å². The molecule has 1 aromatic carbocycles. The molecule has 2 heterocycles. The highest BCUT2D eigenvalue weighted by Gasteiger charge is 2.20. The van der Waals surface area contributed by atoms with E-state index in [0.29, 0.717) is 15.9 Å². The van der Waals surface area contributed by atoms with Crippen molar-refractivity contribution in [3.8, 4) is 21.7 Å². The second-order valence-corrected chi connectivity index (χ2v) is 6.42. The van der Waals surface area contributed by atoms with E-state index in [2.05, 4.69) is 21.1 Å². The number of benzene rings is 1. The Labute approximate surface area is 127 Å². The lowest BCUT2D eigenvalue weighted by Gasteiger charge is -2.03. The predicted octanol–water partition coefficient (Wildman–Crippen LogP) is 5.07. The van der Waals surface area contributed by atoms with Crippen LogP contribution in [0.1, 0.15) is 0 Å². The fourth-order valence-corrected chi connectivity index (χ4v) is 3.35. The van der Waals surface area contributed by atoms with Crippen molar-refractivity contribution in [1.29, 1.82) is 0 Å². The van der Waals surface area contributed by atoms with Gasteiger partial charge in [0, 0.05) is 10.0 Å². The van der Waals surface area contributed by atoms with Crippen LogP contribution in [0.15, 0.2) is 45.4 Å². The second kappa shape index (κ2) is 5.00. The summed E-state index contributed by atoms with van der Waals surface area (Å²) in [6.07, 6.45) is 0. The largest absolute Gasteiger partial charge is 0.367 e. The maximum atomic E-state index is 5.97. The Kier molecular flexibility index (Phi) is 3.35. The summed E-state index contributed by atoms with van der Waals surface area (Å²) < 4.78 is 6.78. The Morgan fingerprint density at radius 2 is 2.00 bits per heavy atom. The van der Waals surface area contributed by atoms with Gasteiger partial charge in [0.1, 0.15) is 5.69 Å². The van der Waals surface area contributed by atoms with Crippen LogP contribution in [0.3, 0.4) is 0 Å².